The maximum atomic E-state index is 13.7. The number of benzene rings is 3. The smallest absolute Gasteiger partial charge is 0.251 e. The highest BCUT2D eigenvalue weighted by atomic mass is 35.5. The summed E-state index contributed by atoms with van der Waals surface area (Å²) >= 11 is 5.98. The van der Waals surface area contributed by atoms with Crippen LogP contribution in [0.25, 0.3) is 0 Å². The minimum atomic E-state index is -3.85. The summed E-state index contributed by atoms with van der Waals surface area (Å²) in [6, 6.07) is 21.8. The van der Waals surface area contributed by atoms with Gasteiger partial charge in [-0.05, 0) is 60.9 Å². The molecular formula is C26H29ClN2O4S. The van der Waals surface area contributed by atoms with E-state index in [-0.39, 0.29) is 36.0 Å². The van der Waals surface area contributed by atoms with Crippen LogP contribution in [0.15, 0.2) is 83.8 Å². The number of nitrogens with one attached hydrogen (secondary N) is 1. The summed E-state index contributed by atoms with van der Waals surface area (Å²) in [6.07, 6.45) is 0.580. The van der Waals surface area contributed by atoms with E-state index in [1.54, 1.807) is 43.3 Å². The molecule has 3 aromatic carbocycles. The summed E-state index contributed by atoms with van der Waals surface area (Å²) in [5.74, 6) is -0.297. The topological polar surface area (TPSA) is 86.7 Å². The fourth-order valence-electron chi connectivity index (χ4n) is 3.68. The maximum absolute atomic E-state index is 13.7. The van der Waals surface area contributed by atoms with Gasteiger partial charge in [-0.15, -0.1) is 0 Å². The Kier molecular flexibility index (Phi) is 8.85. The van der Waals surface area contributed by atoms with Crippen LogP contribution in [0.5, 0.6) is 0 Å². The van der Waals surface area contributed by atoms with Gasteiger partial charge in [-0.3, -0.25) is 4.79 Å². The van der Waals surface area contributed by atoms with Crippen molar-refractivity contribution in [3.63, 3.8) is 0 Å². The quantitative estimate of drug-likeness (QED) is 0.419. The first-order valence-electron chi connectivity index (χ1n) is 11.1. The fourth-order valence-corrected chi connectivity index (χ4v) is 5.48. The van der Waals surface area contributed by atoms with E-state index in [0.717, 1.165) is 11.1 Å². The van der Waals surface area contributed by atoms with Crippen molar-refractivity contribution in [3.8, 4) is 0 Å². The summed E-state index contributed by atoms with van der Waals surface area (Å²) in [5.41, 5.74) is 2.08. The van der Waals surface area contributed by atoms with Crippen LogP contribution in [-0.2, 0) is 16.6 Å². The summed E-state index contributed by atoms with van der Waals surface area (Å²) in [4.78, 5) is 12.5. The second-order valence-electron chi connectivity index (χ2n) is 8.09. The summed E-state index contributed by atoms with van der Waals surface area (Å²) < 4.78 is 29.0. The lowest BCUT2D eigenvalue weighted by Crippen LogP contribution is -2.35. The van der Waals surface area contributed by atoms with Crippen LogP contribution in [0.1, 0.15) is 47.8 Å². The Labute approximate surface area is 206 Å². The molecule has 0 bridgehead atoms. The Hall–Kier alpha value is -2.71. The molecule has 6 nitrogen and oxygen atoms in total. The number of aliphatic hydroxyl groups is 1. The van der Waals surface area contributed by atoms with Gasteiger partial charge in [0.05, 0.1) is 17.5 Å². The number of sulfonamides is 1. The number of nitrogens with zero attached hydrogens (tertiary/aromatic N) is 1. The molecule has 34 heavy (non-hydrogen) atoms. The van der Waals surface area contributed by atoms with Gasteiger partial charge in [-0.2, -0.15) is 4.31 Å². The Morgan fingerprint density at radius 3 is 2.18 bits per heavy atom. The molecule has 0 fully saturated rings. The molecular weight excluding hydrogens is 472 g/mol. The number of carbonyl (C=O) groups is 1. The Morgan fingerprint density at radius 2 is 1.62 bits per heavy atom. The van der Waals surface area contributed by atoms with E-state index in [1.807, 2.05) is 37.3 Å². The molecule has 0 spiro atoms. The first-order chi connectivity index (χ1) is 16.3. The van der Waals surface area contributed by atoms with E-state index >= 15 is 0 Å². The van der Waals surface area contributed by atoms with E-state index in [4.69, 9.17) is 16.7 Å². The Bertz CT molecular complexity index is 1180. The lowest BCUT2D eigenvalue weighted by Gasteiger charge is -2.31. The molecule has 2 atom stereocenters. The standard InChI is InChI=1S/C26H29ClN2O4S/c1-3-25(21-7-5-4-6-8-21)29(34(32,33)24-15-13-23(27)14-16-24)17-20-9-11-22(12-10-20)26(31)28-19(2)18-30/h4-16,19,25,30H,3,17-18H2,1-2H3,(H,28,31)/t19-,25+/m1/s1. The van der Waals surface area contributed by atoms with Gasteiger partial charge >= 0.3 is 0 Å². The zero-order chi connectivity index (χ0) is 24.7. The highest BCUT2D eigenvalue weighted by Gasteiger charge is 2.31. The molecule has 0 unspecified atom stereocenters. The molecule has 0 radical (unpaired) electrons. The van der Waals surface area contributed by atoms with Crippen LogP contribution >= 0.6 is 11.6 Å². The minimum absolute atomic E-state index is 0.132. The van der Waals surface area contributed by atoms with Crippen LogP contribution in [-0.4, -0.2) is 36.4 Å². The van der Waals surface area contributed by atoms with Crippen LogP contribution in [0, 0.1) is 0 Å². The van der Waals surface area contributed by atoms with Gasteiger partial charge < -0.3 is 10.4 Å². The normalized spacial score (nSPS) is 13.4. The first kappa shape index (κ1) is 25.9. The second-order valence-corrected chi connectivity index (χ2v) is 10.4. The van der Waals surface area contributed by atoms with E-state index in [9.17, 15) is 13.2 Å². The predicted molar refractivity (Wildman–Crippen MR) is 134 cm³/mol. The number of hydrogen-bond donors (Lipinski definition) is 2. The molecule has 3 rings (SSSR count). The Balaban J connectivity index is 1.96. The molecule has 8 heteroatoms. The van der Waals surface area contributed by atoms with Crippen molar-refractivity contribution in [1.82, 2.24) is 9.62 Å². The molecule has 0 saturated heterocycles. The minimum Gasteiger partial charge on any atom is -0.394 e. The number of rotatable bonds is 10. The lowest BCUT2D eigenvalue weighted by atomic mass is 10.0. The average Bonchev–Trinajstić information content (AvgIpc) is 2.85. The summed E-state index contributed by atoms with van der Waals surface area (Å²) in [5, 5.41) is 12.3. The van der Waals surface area contributed by atoms with Gasteiger partial charge in [0.2, 0.25) is 10.0 Å². The molecule has 2 N–H and O–H groups in total. The maximum Gasteiger partial charge on any atom is 0.251 e. The van der Waals surface area contributed by atoms with Crippen molar-refractivity contribution in [3.05, 3.63) is 101 Å². The van der Waals surface area contributed by atoms with Gasteiger partial charge in [0, 0.05) is 23.2 Å². The molecule has 3 aromatic rings. The molecule has 1 amide bonds. The largest absolute Gasteiger partial charge is 0.394 e. The number of carbonyl (C=O) groups excluding carboxylic acids is 1. The van der Waals surface area contributed by atoms with Crippen LogP contribution in [0.2, 0.25) is 5.02 Å². The SMILES string of the molecule is CC[C@@H](c1ccccc1)N(Cc1ccc(C(=O)N[C@H](C)CO)cc1)S(=O)(=O)c1ccc(Cl)cc1. The highest BCUT2D eigenvalue weighted by molar-refractivity contribution is 7.89. The zero-order valence-electron chi connectivity index (χ0n) is 19.2. The van der Waals surface area contributed by atoms with Crippen molar-refractivity contribution >= 4 is 27.5 Å². The molecule has 0 saturated carbocycles. The van der Waals surface area contributed by atoms with Gasteiger partial charge in [-0.1, -0.05) is 61.0 Å². The average molecular weight is 501 g/mol. The molecule has 0 aliphatic carbocycles. The van der Waals surface area contributed by atoms with Crippen molar-refractivity contribution in [1.29, 1.82) is 0 Å². The predicted octanol–water partition coefficient (Wildman–Crippen LogP) is 4.79. The third-order valence-electron chi connectivity index (χ3n) is 5.54. The fraction of sp³-hybridized carbons (Fsp3) is 0.269. The molecule has 0 aliphatic heterocycles. The summed E-state index contributed by atoms with van der Waals surface area (Å²) in [6.45, 7) is 3.64. The van der Waals surface area contributed by atoms with Crippen molar-refractivity contribution < 1.29 is 18.3 Å². The van der Waals surface area contributed by atoms with Crippen LogP contribution in [0.4, 0.5) is 0 Å². The third-order valence-corrected chi connectivity index (χ3v) is 7.67. The highest BCUT2D eigenvalue weighted by Crippen LogP contribution is 2.32. The zero-order valence-corrected chi connectivity index (χ0v) is 20.8. The van der Waals surface area contributed by atoms with E-state index in [2.05, 4.69) is 5.32 Å². The molecule has 0 aliphatic rings. The van der Waals surface area contributed by atoms with Gasteiger partial charge in [-0.25, -0.2) is 8.42 Å². The first-order valence-corrected chi connectivity index (χ1v) is 12.9. The van der Waals surface area contributed by atoms with Crippen LogP contribution in [0.3, 0.4) is 0 Å². The van der Waals surface area contributed by atoms with Gasteiger partial charge in [0.1, 0.15) is 0 Å². The van der Waals surface area contributed by atoms with Crippen LogP contribution < -0.4 is 5.32 Å². The van der Waals surface area contributed by atoms with E-state index in [1.165, 1.54) is 16.4 Å². The number of aliphatic hydroxyl groups excluding tert-OH is 1. The van der Waals surface area contributed by atoms with Crippen molar-refractivity contribution in [2.75, 3.05) is 6.61 Å². The van der Waals surface area contributed by atoms with Gasteiger partial charge in [0.25, 0.3) is 5.91 Å². The van der Waals surface area contributed by atoms with Gasteiger partial charge in [0.15, 0.2) is 0 Å². The second kappa shape index (κ2) is 11.6. The summed E-state index contributed by atoms with van der Waals surface area (Å²) in [7, 11) is -3.85. The number of amides is 1. The molecule has 180 valence electrons. The number of hydrogen-bond acceptors (Lipinski definition) is 4. The Morgan fingerprint density at radius 1 is 1.00 bits per heavy atom. The lowest BCUT2D eigenvalue weighted by molar-refractivity contribution is 0.0922. The monoisotopic (exact) mass is 500 g/mol. The van der Waals surface area contributed by atoms with E-state index in [0.29, 0.717) is 17.0 Å². The van der Waals surface area contributed by atoms with Crippen molar-refractivity contribution in [2.45, 2.75) is 43.8 Å². The molecule has 0 aromatic heterocycles. The van der Waals surface area contributed by atoms with E-state index < -0.39 is 10.0 Å². The number of halogens is 1. The molecule has 0 heterocycles. The van der Waals surface area contributed by atoms with Crippen molar-refractivity contribution in [2.24, 2.45) is 0 Å². The third kappa shape index (κ3) is 6.24.